The molecule has 4 nitrogen and oxygen atoms in total. The Balaban J connectivity index is 2.67. The molecule has 0 aliphatic rings. The molecule has 0 saturated heterocycles. The summed E-state index contributed by atoms with van der Waals surface area (Å²) in [5.74, 6) is -6.38. The van der Waals surface area contributed by atoms with Crippen molar-refractivity contribution < 1.29 is 27.9 Å². The highest BCUT2D eigenvalue weighted by Crippen LogP contribution is 2.19. The quantitative estimate of drug-likeness (QED) is 0.818. The number of hydrogen-bond acceptors (Lipinski definition) is 2. The molecule has 20 heavy (non-hydrogen) atoms. The normalized spacial score (nSPS) is 11.2. The molecule has 1 rings (SSSR count). The van der Waals surface area contributed by atoms with E-state index >= 15 is 0 Å². The SMILES string of the molecule is CC(C)(CCNC(=O)c1cc(F)c(F)c(F)c1)C(=O)O. The number of rotatable bonds is 5. The molecule has 0 heterocycles. The van der Waals surface area contributed by atoms with Gasteiger partial charge in [0.2, 0.25) is 0 Å². The fraction of sp³-hybridized carbons (Fsp3) is 0.385. The van der Waals surface area contributed by atoms with E-state index in [1.54, 1.807) is 0 Å². The molecule has 0 spiro atoms. The number of halogens is 3. The van der Waals surface area contributed by atoms with Crippen LogP contribution in [0, 0.1) is 22.9 Å². The number of nitrogens with one attached hydrogen (secondary N) is 1. The molecule has 0 aromatic heterocycles. The van der Waals surface area contributed by atoms with E-state index < -0.39 is 34.7 Å². The van der Waals surface area contributed by atoms with Crippen molar-refractivity contribution in [2.45, 2.75) is 20.3 Å². The fourth-order valence-corrected chi connectivity index (χ4v) is 1.38. The van der Waals surface area contributed by atoms with Crippen molar-refractivity contribution in [1.82, 2.24) is 5.32 Å². The maximum Gasteiger partial charge on any atom is 0.309 e. The third-order valence-electron chi connectivity index (χ3n) is 2.86. The zero-order chi connectivity index (χ0) is 15.5. The minimum Gasteiger partial charge on any atom is -0.481 e. The molecule has 1 aromatic carbocycles. The van der Waals surface area contributed by atoms with Crippen molar-refractivity contribution in [2.75, 3.05) is 6.54 Å². The first-order chi connectivity index (χ1) is 9.15. The Kier molecular flexibility index (Phi) is 4.75. The Morgan fingerprint density at radius 2 is 1.70 bits per heavy atom. The summed E-state index contributed by atoms with van der Waals surface area (Å²) in [5.41, 5.74) is -1.40. The van der Waals surface area contributed by atoms with Gasteiger partial charge in [-0.3, -0.25) is 9.59 Å². The molecule has 7 heteroatoms. The molecule has 0 aliphatic carbocycles. The number of hydrogen-bond donors (Lipinski definition) is 2. The first kappa shape index (κ1) is 16.0. The van der Waals surface area contributed by atoms with Gasteiger partial charge in [-0.25, -0.2) is 13.2 Å². The van der Waals surface area contributed by atoms with Gasteiger partial charge in [-0.1, -0.05) is 0 Å². The summed E-state index contributed by atoms with van der Waals surface area (Å²) >= 11 is 0. The van der Waals surface area contributed by atoms with Gasteiger partial charge in [-0.15, -0.1) is 0 Å². The molecule has 2 N–H and O–H groups in total. The van der Waals surface area contributed by atoms with Gasteiger partial charge in [-0.2, -0.15) is 0 Å². The second kappa shape index (κ2) is 5.94. The van der Waals surface area contributed by atoms with Crippen LogP contribution >= 0.6 is 0 Å². The fourth-order valence-electron chi connectivity index (χ4n) is 1.38. The number of amides is 1. The largest absolute Gasteiger partial charge is 0.481 e. The molecule has 0 fully saturated rings. The summed E-state index contributed by atoms with van der Waals surface area (Å²) in [6.45, 7) is 2.98. The first-order valence-electron chi connectivity index (χ1n) is 5.81. The van der Waals surface area contributed by atoms with Crippen molar-refractivity contribution in [3.05, 3.63) is 35.1 Å². The zero-order valence-corrected chi connectivity index (χ0v) is 11.0. The van der Waals surface area contributed by atoms with Gasteiger partial charge in [0.1, 0.15) is 0 Å². The average Bonchev–Trinajstić information content (AvgIpc) is 2.34. The third-order valence-corrected chi connectivity index (χ3v) is 2.86. The van der Waals surface area contributed by atoms with Crippen LogP contribution in [-0.2, 0) is 4.79 Å². The zero-order valence-electron chi connectivity index (χ0n) is 11.0. The van der Waals surface area contributed by atoms with E-state index in [0.29, 0.717) is 12.1 Å². The minimum atomic E-state index is -1.64. The topological polar surface area (TPSA) is 66.4 Å². The third kappa shape index (κ3) is 3.72. The Bertz CT molecular complexity index is 521. The van der Waals surface area contributed by atoms with Crippen molar-refractivity contribution >= 4 is 11.9 Å². The van der Waals surface area contributed by atoms with Gasteiger partial charge in [0.15, 0.2) is 17.5 Å². The molecular weight excluding hydrogens is 275 g/mol. The van der Waals surface area contributed by atoms with Crippen LogP contribution in [0.3, 0.4) is 0 Å². The van der Waals surface area contributed by atoms with Crippen LogP contribution in [0.1, 0.15) is 30.6 Å². The number of benzene rings is 1. The Hall–Kier alpha value is -2.05. The summed E-state index contributed by atoms with van der Waals surface area (Å²) in [5, 5.41) is 11.2. The molecule has 0 radical (unpaired) electrons. The molecule has 0 bridgehead atoms. The number of carboxylic acid groups (broad SMARTS) is 1. The van der Waals surface area contributed by atoms with Crippen LogP contribution in [0.25, 0.3) is 0 Å². The minimum absolute atomic E-state index is 0.0126. The van der Waals surface area contributed by atoms with Gasteiger partial charge in [-0.05, 0) is 32.4 Å². The van der Waals surface area contributed by atoms with Crippen LogP contribution in [-0.4, -0.2) is 23.5 Å². The summed E-state index contributed by atoms with van der Waals surface area (Å²) in [6, 6.07) is 1.16. The van der Waals surface area contributed by atoms with Gasteiger partial charge in [0.25, 0.3) is 5.91 Å². The number of carbonyl (C=O) groups excluding carboxylic acids is 1. The van der Waals surface area contributed by atoms with Gasteiger partial charge in [0.05, 0.1) is 5.41 Å². The maximum atomic E-state index is 12.9. The highest BCUT2D eigenvalue weighted by Gasteiger charge is 2.26. The smallest absolute Gasteiger partial charge is 0.309 e. The highest BCUT2D eigenvalue weighted by molar-refractivity contribution is 5.94. The molecule has 0 aliphatic heterocycles. The van der Waals surface area contributed by atoms with Crippen LogP contribution in [0.5, 0.6) is 0 Å². The second-order valence-electron chi connectivity index (χ2n) is 4.95. The lowest BCUT2D eigenvalue weighted by Gasteiger charge is -2.18. The summed E-state index contributed by atoms with van der Waals surface area (Å²) < 4.78 is 38.6. The van der Waals surface area contributed by atoms with Gasteiger partial charge < -0.3 is 10.4 Å². The second-order valence-corrected chi connectivity index (χ2v) is 4.95. The van der Waals surface area contributed by atoms with Gasteiger partial charge >= 0.3 is 5.97 Å². The average molecular weight is 289 g/mol. The predicted octanol–water partition coefficient (Wildman–Crippen LogP) is 2.33. The standard InChI is InChI=1S/C13H14F3NO3/c1-13(2,12(19)20)3-4-17-11(18)7-5-8(14)10(16)9(15)6-7/h5-6H,3-4H2,1-2H3,(H,17,18)(H,19,20). The van der Waals surface area contributed by atoms with Crippen molar-refractivity contribution in [2.24, 2.45) is 5.41 Å². The van der Waals surface area contributed by atoms with Crippen molar-refractivity contribution in [3.63, 3.8) is 0 Å². The Morgan fingerprint density at radius 3 is 2.15 bits per heavy atom. The van der Waals surface area contributed by atoms with Crippen LogP contribution in [0.2, 0.25) is 0 Å². The first-order valence-corrected chi connectivity index (χ1v) is 5.81. The number of carboxylic acids is 1. The molecule has 0 saturated carbocycles. The van der Waals surface area contributed by atoms with E-state index in [4.69, 9.17) is 5.11 Å². The number of carbonyl (C=O) groups is 2. The number of aliphatic carboxylic acids is 1. The van der Waals surface area contributed by atoms with E-state index in [0.717, 1.165) is 0 Å². The highest BCUT2D eigenvalue weighted by atomic mass is 19.2. The molecular formula is C13H14F3NO3. The molecule has 0 atom stereocenters. The van der Waals surface area contributed by atoms with Gasteiger partial charge in [0, 0.05) is 12.1 Å². The molecule has 0 unspecified atom stereocenters. The van der Waals surface area contributed by atoms with Crippen LogP contribution in [0.15, 0.2) is 12.1 Å². The van der Waals surface area contributed by atoms with E-state index in [2.05, 4.69) is 5.32 Å². The van der Waals surface area contributed by atoms with E-state index in [1.807, 2.05) is 0 Å². The molecule has 1 aromatic rings. The summed E-state index contributed by atoms with van der Waals surface area (Å²) in [4.78, 5) is 22.4. The monoisotopic (exact) mass is 289 g/mol. The van der Waals surface area contributed by atoms with E-state index in [-0.39, 0.29) is 18.5 Å². The maximum absolute atomic E-state index is 12.9. The van der Waals surface area contributed by atoms with E-state index in [9.17, 15) is 22.8 Å². The Labute approximate surface area is 113 Å². The Morgan fingerprint density at radius 1 is 1.20 bits per heavy atom. The van der Waals surface area contributed by atoms with Crippen molar-refractivity contribution in [1.29, 1.82) is 0 Å². The van der Waals surface area contributed by atoms with Crippen LogP contribution < -0.4 is 5.32 Å². The summed E-state index contributed by atoms with van der Waals surface area (Å²) in [7, 11) is 0. The van der Waals surface area contributed by atoms with Crippen LogP contribution in [0.4, 0.5) is 13.2 Å². The lowest BCUT2D eigenvalue weighted by atomic mass is 9.90. The summed E-state index contributed by atoms with van der Waals surface area (Å²) in [6.07, 6.45) is 0.139. The lowest BCUT2D eigenvalue weighted by Crippen LogP contribution is -2.32. The van der Waals surface area contributed by atoms with Crippen molar-refractivity contribution in [3.8, 4) is 0 Å². The molecule has 1 amide bonds. The van der Waals surface area contributed by atoms with E-state index in [1.165, 1.54) is 13.8 Å². The predicted molar refractivity (Wildman–Crippen MR) is 64.7 cm³/mol. The lowest BCUT2D eigenvalue weighted by molar-refractivity contribution is -0.147. The molecule has 110 valence electrons.